The summed E-state index contributed by atoms with van der Waals surface area (Å²) in [6, 6.07) is 0. The molecule has 0 heterocycles. The second-order valence-electron chi connectivity index (χ2n) is 10.8. The summed E-state index contributed by atoms with van der Waals surface area (Å²) in [5.74, 6) is 2.82. The van der Waals surface area contributed by atoms with E-state index in [0.717, 1.165) is 56.3 Å². The normalized spacial score (nSPS) is 40.4. The van der Waals surface area contributed by atoms with Crippen LogP contribution in [0.3, 0.4) is 0 Å². The highest BCUT2D eigenvalue weighted by molar-refractivity contribution is 5.25. The monoisotopic (exact) mass is 458 g/mol. The molecule has 7 atom stereocenters. The van der Waals surface area contributed by atoms with E-state index in [9.17, 15) is 18.3 Å². The number of fused-ring (bicyclic) bond motifs is 5. The Morgan fingerprint density at radius 1 is 0.938 bits per heavy atom. The van der Waals surface area contributed by atoms with Crippen LogP contribution in [0.5, 0.6) is 0 Å². The number of alkyl halides is 3. The summed E-state index contributed by atoms with van der Waals surface area (Å²) >= 11 is 0. The summed E-state index contributed by atoms with van der Waals surface area (Å²) in [4.78, 5) is 0. The van der Waals surface area contributed by atoms with Gasteiger partial charge in [0.25, 0.3) is 0 Å². The van der Waals surface area contributed by atoms with E-state index in [2.05, 4.69) is 19.9 Å². The highest BCUT2D eigenvalue weighted by Crippen LogP contribution is 2.66. The zero-order valence-electron chi connectivity index (χ0n) is 21.5. The van der Waals surface area contributed by atoms with Crippen LogP contribution in [0.25, 0.3) is 0 Å². The standard InChI is InChI=1S/C24H37F3O.2C2H6/c1-22-14-11-21-19(8-6-17-15-18(28)10-13-23(17,21)2)20(22)9-7-16(22)5-3-4-12-24(25,26)27;2*1-2/h6,16,18-21,28H,3-5,7-15H2,1-2H3;2*1-2H3/t16-,18-,19-,20?,21?,22+,23-;;/m0../s1. The molecule has 3 saturated carbocycles. The van der Waals surface area contributed by atoms with Gasteiger partial charge in [-0.15, -0.1) is 0 Å². The molecule has 2 unspecified atom stereocenters. The summed E-state index contributed by atoms with van der Waals surface area (Å²) < 4.78 is 37.4. The van der Waals surface area contributed by atoms with Crippen molar-refractivity contribution in [3.63, 3.8) is 0 Å². The molecule has 188 valence electrons. The minimum absolute atomic E-state index is 0.155. The van der Waals surface area contributed by atoms with Gasteiger partial charge in [0.15, 0.2) is 0 Å². The molecule has 0 saturated heterocycles. The molecule has 0 aliphatic heterocycles. The van der Waals surface area contributed by atoms with Gasteiger partial charge in [0.1, 0.15) is 0 Å². The second-order valence-corrected chi connectivity index (χ2v) is 10.8. The molecule has 0 aromatic heterocycles. The summed E-state index contributed by atoms with van der Waals surface area (Å²) in [6.07, 6.45) is 8.73. The van der Waals surface area contributed by atoms with Crippen LogP contribution >= 0.6 is 0 Å². The molecule has 0 radical (unpaired) electrons. The molecule has 0 aromatic carbocycles. The van der Waals surface area contributed by atoms with Crippen molar-refractivity contribution in [3.8, 4) is 0 Å². The molecule has 1 N–H and O–H groups in total. The average Bonchev–Trinajstić information content (AvgIpc) is 3.10. The van der Waals surface area contributed by atoms with Gasteiger partial charge in [0.2, 0.25) is 0 Å². The van der Waals surface area contributed by atoms with Crippen molar-refractivity contribution in [2.45, 2.75) is 131 Å². The van der Waals surface area contributed by atoms with E-state index in [-0.39, 0.29) is 11.5 Å². The van der Waals surface area contributed by atoms with E-state index in [4.69, 9.17) is 0 Å². The Hall–Kier alpha value is -0.510. The van der Waals surface area contributed by atoms with E-state index in [0.29, 0.717) is 17.8 Å². The van der Waals surface area contributed by atoms with Gasteiger partial charge in [-0.3, -0.25) is 0 Å². The Labute approximate surface area is 195 Å². The third-order valence-corrected chi connectivity index (χ3v) is 9.54. The Morgan fingerprint density at radius 2 is 1.62 bits per heavy atom. The lowest BCUT2D eigenvalue weighted by atomic mass is 9.47. The van der Waals surface area contributed by atoms with Crippen LogP contribution in [0.15, 0.2) is 11.6 Å². The first-order chi connectivity index (χ1) is 15.1. The zero-order valence-corrected chi connectivity index (χ0v) is 21.5. The molecule has 0 spiro atoms. The molecule has 4 rings (SSSR count). The first-order valence-corrected chi connectivity index (χ1v) is 13.6. The minimum atomic E-state index is -4.00. The third-order valence-electron chi connectivity index (χ3n) is 9.54. The van der Waals surface area contributed by atoms with Crippen molar-refractivity contribution in [2.75, 3.05) is 0 Å². The van der Waals surface area contributed by atoms with Gasteiger partial charge in [0.05, 0.1) is 6.10 Å². The predicted molar refractivity (Wildman–Crippen MR) is 128 cm³/mol. The van der Waals surface area contributed by atoms with Crippen LogP contribution in [0.2, 0.25) is 0 Å². The molecule has 0 aromatic rings. The lowest BCUT2D eigenvalue weighted by Gasteiger charge is -2.58. The Morgan fingerprint density at radius 3 is 2.28 bits per heavy atom. The van der Waals surface area contributed by atoms with Crippen molar-refractivity contribution in [2.24, 2.45) is 34.5 Å². The maximum absolute atomic E-state index is 12.5. The molecule has 3 fully saturated rings. The first kappa shape index (κ1) is 27.7. The summed E-state index contributed by atoms with van der Waals surface area (Å²) in [6.45, 7) is 12.9. The molecule has 32 heavy (non-hydrogen) atoms. The molecule has 4 aliphatic carbocycles. The lowest BCUT2D eigenvalue weighted by molar-refractivity contribution is -0.135. The molecule has 0 amide bonds. The van der Waals surface area contributed by atoms with Crippen LogP contribution in [0, 0.1) is 34.5 Å². The van der Waals surface area contributed by atoms with Crippen molar-refractivity contribution in [3.05, 3.63) is 11.6 Å². The summed E-state index contributed by atoms with van der Waals surface area (Å²) in [5.41, 5.74) is 2.11. The maximum Gasteiger partial charge on any atom is 0.389 e. The van der Waals surface area contributed by atoms with Crippen LogP contribution in [-0.4, -0.2) is 17.4 Å². The largest absolute Gasteiger partial charge is 0.393 e. The highest BCUT2D eigenvalue weighted by atomic mass is 19.4. The quantitative estimate of drug-likeness (QED) is 0.329. The molecular weight excluding hydrogens is 409 g/mol. The van der Waals surface area contributed by atoms with E-state index in [1.807, 2.05) is 27.7 Å². The average molecular weight is 459 g/mol. The van der Waals surface area contributed by atoms with Crippen molar-refractivity contribution in [1.82, 2.24) is 0 Å². The van der Waals surface area contributed by atoms with Gasteiger partial charge >= 0.3 is 6.18 Å². The number of aliphatic hydroxyl groups excluding tert-OH is 1. The van der Waals surface area contributed by atoms with E-state index in [1.54, 1.807) is 0 Å². The van der Waals surface area contributed by atoms with Gasteiger partial charge in [-0.2, -0.15) is 13.2 Å². The van der Waals surface area contributed by atoms with Crippen molar-refractivity contribution >= 4 is 0 Å². The number of aliphatic hydroxyl groups is 1. The fourth-order valence-corrected chi connectivity index (χ4v) is 7.94. The first-order valence-electron chi connectivity index (χ1n) is 13.6. The van der Waals surface area contributed by atoms with Gasteiger partial charge < -0.3 is 5.11 Å². The third kappa shape index (κ3) is 5.58. The van der Waals surface area contributed by atoms with Gasteiger partial charge in [-0.05, 0) is 98.7 Å². The molecular formula is C28H49F3O. The Kier molecular flexibility index (Phi) is 9.77. The van der Waals surface area contributed by atoms with Gasteiger partial charge in [-0.25, -0.2) is 0 Å². The second kappa shape index (κ2) is 11.3. The molecule has 4 heteroatoms. The zero-order chi connectivity index (χ0) is 24.2. The van der Waals surface area contributed by atoms with Crippen LogP contribution in [0.4, 0.5) is 13.2 Å². The van der Waals surface area contributed by atoms with E-state index >= 15 is 0 Å². The topological polar surface area (TPSA) is 20.2 Å². The van der Waals surface area contributed by atoms with E-state index in [1.165, 1.54) is 31.3 Å². The SMILES string of the molecule is CC.CC.C[C@]12CC[C@H](O)CC1=CC[C@@H]1C2CC[C@@]2(C)C1CC[C@@H]2CCCCC(F)(F)F. The van der Waals surface area contributed by atoms with Crippen LogP contribution in [0.1, 0.15) is 119 Å². The number of hydrogen-bond donors (Lipinski definition) is 1. The van der Waals surface area contributed by atoms with Crippen LogP contribution < -0.4 is 0 Å². The van der Waals surface area contributed by atoms with Gasteiger partial charge in [0, 0.05) is 6.42 Å². The lowest BCUT2D eigenvalue weighted by Crippen LogP contribution is -2.50. The number of hydrogen-bond acceptors (Lipinski definition) is 1. The number of halogens is 3. The van der Waals surface area contributed by atoms with Crippen molar-refractivity contribution in [1.29, 1.82) is 0 Å². The minimum Gasteiger partial charge on any atom is -0.393 e. The molecule has 4 aliphatic rings. The van der Waals surface area contributed by atoms with Crippen molar-refractivity contribution < 1.29 is 18.3 Å². The highest BCUT2D eigenvalue weighted by Gasteiger charge is 2.58. The summed E-state index contributed by atoms with van der Waals surface area (Å²) in [5, 5.41) is 10.1. The number of unbranched alkanes of at least 4 members (excludes halogenated alkanes) is 1. The Bertz CT molecular complexity index is 612. The predicted octanol–water partition coefficient (Wildman–Crippen LogP) is 9.10. The van der Waals surface area contributed by atoms with Gasteiger partial charge in [-0.1, -0.05) is 59.6 Å². The maximum atomic E-state index is 12.5. The fraction of sp³-hybridized carbons (Fsp3) is 0.929. The molecule has 1 nitrogen and oxygen atoms in total. The van der Waals surface area contributed by atoms with E-state index < -0.39 is 12.6 Å². The number of rotatable bonds is 4. The smallest absolute Gasteiger partial charge is 0.389 e. The molecule has 0 bridgehead atoms. The summed E-state index contributed by atoms with van der Waals surface area (Å²) in [7, 11) is 0. The van der Waals surface area contributed by atoms with Crippen LogP contribution in [-0.2, 0) is 0 Å². The number of allylic oxidation sites excluding steroid dienone is 1. The fourth-order valence-electron chi connectivity index (χ4n) is 7.94. The Balaban J connectivity index is 0.000000860.